The molecule has 4 saturated heterocycles. The lowest BCUT2D eigenvalue weighted by Gasteiger charge is -2.59. The van der Waals surface area contributed by atoms with E-state index in [1.54, 1.807) is 49.4 Å². The molecule has 2 bridgehead atoms. The molecule has 7 rings (SSSR count). The summed E-state index contributed by atoms with van der Waals surface area (Å²) in [4.78, 5) is 37.4. The van der Waals surface area contributed by atoms with E-state index >= 15 is 0 Å². The van der Waals surface area contributed by atoms with Crippen molar-refractivity contribution in [2.24, 2.45) is 23.7 Å². The number of carbonyl (C=O) groups is 2. The van der Waals surface area contributed by atoms with E-state index in [0.717, 1.165) is 31.2 Å². The van der Waals surface area contributed by atoms with Crippen LogP contribution in [0.15, 0.2) is 46.9 Å². The number of rotatable bonds is 5. The maximum atomic E-state index is 13.1. The Morgan fingerprint density at radius 1 is 1.00 bits per heavy atom. The Morgan fingerprint density at radius 2 is 1.79 bits per heavy atom. The SMILES string of the molecule is Cc1ccc(C(=O)/C=C/c2ccc(C(=O)OC3O[C@@H]4OC5(C)CCC6[C@H](C)CCC([C@H]3C)[C@]64OO5)cc2)o1. The molecule has 1 aromatic carbocycles. The number of hydrogen-bond donors (Lipinski definition) is 0. The van der Waals surface area contributed by atoms with Crippen LogP contribution in [-0.2, 0) is 24.0 Å². The molecule has 8 atom stereocenters. The molecule has 5 aliphatic rings. The van der Waals surface area contributed by atoms with E-state index in [1.165, 1.54) is 6.08 Å². The van der Waals surface area contributed by atoms with Gasteiger partial charge in [0.15, 0.2) is 17.7 Å². The van der Waals surface area contributed by atoms with Crippen molar-refractivity contribution in [3.05, 3.63) is 65.1 Å². The van der Waals surface area contributed by atoms with Gasteiger partial charge >= 0.3 is 5.97 Å². The summed E-state index contributed by atoms with van der Waals surface area (Å²) in [7, 11) is 0. The molecule has 202 valence electrons. The molecular formula is C30H34O8. The number of ketones is 1. The summed E-state index contributed by atoms with van der Waals surface area (Å²) < 4.78 is 24.0. The van der Waals surface area contributed by atoms with Crippen molar-refractivity contribution in [3.8, 4) is 0 Å². The quantitative estimate of drug-likeness (QED) is 0.209. The standard InChI is InChI=1S/C30H34O8/c1-17-5-12-23-19(3)27(35-28-30(23)22(17)15-16-29(4,36-28)37-38-30)34-26(32)21-10-7-20(8-11-21)9-13-24(31)25-14-6-18(2)33-25/h6-11,13-14,17,19,22-23,27-28H,5,12,15-16H2,1-4H3/b13-9+/t17-,19-,22?,23?,27?,28-,29?,30-/m1/s1. The van der Waals surface area contributed by atoms with Crippen LogP contribution in [0.2, 0.25) is 0 Å². The molecule has 5 fully saturated rings. The predicted molar refractivity (Wildman–Crippen MR) is 135 cm³/mol. The molecule has 1 saturated carbocycles. The first-order valence-electron chi connectivity index (χ1n) is 13.5. The van der Waals surface area contributed by atoms with Crippen LogP contribution < -0.4 is 0 Å². The van der Waals surface area contributed by atoms with E-state index < -0.39 is 29.9 Å². The summed E-state index contributed by atoms with van der Waals surface area (Å²) in [6.45, 7) is 7.98. The van der Waals surface area contributed by atoms with E-state index in [9.17, 15) is 9.59 Å². The highest BCUT2D eigenvalue weighted by Gasteiger charge is 2.69. The van der Waals surface area contributed by atoms with Gasteiger partial charge in [0.1, 0.15) is 5.76 Å². The monoisotopic (exact) mass is 522 g/mol. The number of hydrogen-bond acceptors (Lipinski definition) is 8. The van der Waals surface area contributed by atoms with Gasteiger partial charge in [0.25, 0.3) is 0 Å². The normalized spacial score (nSPS) is 38.0. The van der Waals surface area contributed by atoms with Crippen LogP contribution in [0.25, 0.3) is 6.08 Å². The van der Waals surface area contributed by atoms with Crippen molar-refractivity contribution in [3.63, 3.8) is 0 Å². The summed E-state index contributed by atoms with van der Waals surface area (Å²) in [5, 5.41) is 0. The number of aryl methyl sites for hydroxylation is 1. The molecule has 1 aliphatic carbocycles. The fraction of sp³-hybridized carbons (Fsp3) is 0.533. The van der Waals surface area contributed by atoms with Crippen molar-refractivity contribution < 1.29 is 38.0 Å². The van der Waals surface area contributed by atoms with Crippen LogP contribution in [-0.4, -0.2) is 35.7 Å². The first-order chi connectivity index (χ1) is 18.2. The highest BCUT2D eigenvalue weighted by atomic mass is 17.3. The summed E-state index contributed by atoms with van der Waals surface area (Å²) in [6.07, 6.45) is 5.37. The molecule has 0 amide bonds. The van der Waals surface area contributed by atoms with Crippen LogP contribution in [0.3, 0.4) is 0 Å². The van der Waals surface area contributed by atoms with Gasteiger partial charge in [0, 0.05) is 18.3 Å². The summed E-state index contributed by atoms with van der Waals surface area (Å²) in [5.74, 6) is 0.0800. The van der Waals surface area contributed by atoms with Crippen LogP contribution in [0, 0.1) is 30.6 Å². The zero-order chi connectivity index (χ0) is 26.7. The molecule has 38 heavy (non-hydrogen) atoms. The van der Waals surface area contributed by atoms with Crippen molar-refractivity contribution >= 4 is 17.8 Å². The molecule has 8 nitrogen and oxygen atoms in total. The fourth-order valence-corrected chi connectivity index (χ4v) is 6.73. The first-order valence-corrected chi connectivity index (χ1v) is 13.5. The van der Waals surface area contributed by atoms with E-state index in [1.807, 2.05) is 13.8 Å². The van der Waals surface area contributed by atoms with E-state index in [2.05, 4.69) is 6.92 Å². The second kappa shape index (κ2) is 9.45. The van der Waals surface area contributed by atoms with Crippen molar-refractivity contribution in [1.29, 1.82) is 0 Å². The summed E-state index contributed by atoms with van der Waals surface area (Å²) >= 11 is 0. The van der Waals surface area contributed by atoms with Gasteiger partial charge in [-0.15, -0.1) is 0 Å². The van der Waals surface area contributed by atoms with Gasteiger partial charge in [0.2, 0.25) is 17.9 Å². The maximum absolute atomic E-state index is 13.1. The molecule has 4 unspecified atom stereocenters. The Morgan fingerprint density at radius 3 is 2.53 bits per heavy atom. The number of allylic oxidation sites excluding steroid dienone is 1. The smallest absolute Gasteiger partial charge is 0.340 e. The molecule has 4 aliphatic heterocycles. The summed E-state index contributed by atoms with van der Waals surface area (Å²) in [5.41, 5.74) is 0.477. The zero-order valence-electron chi connectivity index (χ0n) is 22.2. The van der Waals surface area contributed by atoms with Gasteiger partial charge in [-0.05, 0) is 80.9 Å². The van der Waals surface area contributed by atoms with Gasteiger partial charge in [-0.1, -0.05) is 32.1 Å². The second-order valence-electron chi connectivity index (χ2n) is 11.4. The molecule has 1 aromatic heterocycles. The van der Waals surface area contributed by atoms with Crippen LogP contribution in [0.1, 0.15) is 78.7 Å². The molecule has 1 spiro atoms. The number of furan rings is 1. The Bertz CT molecular complexity index is 1250. The third-order valence-electron chi connectivity index (χ3n) is 8.88. The topological polar surface area (TPSA) is 93.4 Å². The number of fused-ring (bicyclic) bond motifs is 2. The Hall–Kier alpha value is -2.78. The lowest BCUT2D eigenvalue weighted by Crippen LogP contribution is -2.70. The minimum Gasteiger partial charge on any atom is -0.458 e. The van der Waals surface area contributed by atoms with Crippen molar-refractivity contribution in [2.45, 2.75) is 77.3 Å². The molecule has 8 heteroatoms. The molecule has 5 heterocycles. The number of ether oxygens (including phenoxy) is 3. The minimum atomic E-state index is -0.882. The van der Waals surface area contributed by atoms with Gasteiger partial charge in [-0.2, -0.15) is 0 Å². The van der Waals surface area contributed by atoms with E-state index in [0.29, 0.717) is 17.2 Å². The number of benzene rings is 1. The molecule has 0 N–H and O–H groups in total. The third-order valence-corrected chi connectivity index (χ3v) is 8.88. The van der Waals surface area contributed by atoms with E-state index in [4.69, 9.17) is 28.4 Å². The first kappa shape index (κ1) is 25.5. The van der Waals surface area contributed by atoms with Crippen LogP contribution in [0.4, 0.5) is 0 Å². The fourth-order valence-electron chi connectivity index (χ4n) is 6.73. The lowest BCUT2D eigenvalue weighted by molar-refractivity contribution is -0.576. The average molecular weight is 523 g/mol. The van der Waals surface area contributed by atoms with Crippen molar-refractivity contribution in [2.75, 3.05) is 0 Å². The Labute approximate surface area is 222 Å². The van der Waals surface area contributed by atoms with Gasteiger partial charge in [0.05, 0.1) is 5.56 Å². The predicted octanol–water partition coefficient (Wildman–Crippen LogP) is 5.85. The zero-order valence-corrected chi connectivity index (χ0v) is 22.2. The van der Waals surface area contributed by atoms with Crippen LogP contribution in [0.5, 0.6) is 0 Å². The highest BCUT2D eigenvalue weighted by Crippen LogP contribution is 2.60. The van der Waals surface area contributed by atoms with E-state index in [-0.39, 0.29) is 29.3 Å². The lowest BCUT2D eigenvalue weighted by atomic mass is 9.58. The molecule has 0 radical (unpaired) electrons. The second-order valence-corrected chi connectivity index (χ2v) is 11.4. The molecule has 2 aromatic rings. The third kappa shape index (κ3) is 4.24. The van der Waals surface area contributed by atoms with Gasteiger partial charge in [-0.25, -0.2) is 14.6 Å². The number of esters is 1. The van der Waals surface area contributed by atoms with Crippen LogP contribution >= 0.6 is 0 Å². The minimum absolute atomic E-state index is 0.0749. The average Bonchev–Trinajstić information content (AvgIpc) is 3.22. The summed E-state index contributed by atoms with van der Waals surface area (Å²) in [6, 6.07) is 10.3. The highest BCUT2D eigenvalue weighted by molar-refractivity contribution is 6.04. The Kier molecular flexibility index (Phi) is 6.34. The van der Waals surface area contributed by atoms with Crippen molar-refractivity contribution in [1.82, 2.24) is 0 Å². The Balaban J connectivity index is 1.16. The number of carbonyl (C=O) groups excluding carboxylic acids is 2. The molecular weight excluding hydrogens is 488 g/mol. The largest absolute Gasteiger partial charge is 0.458 e. The van der Waals surface area contributed by atoms with Gasteiger partial charge < -0.3 is 18.6 Å². The van der Waals surface area contributed by atoms with Gasteiger partial charge in [-0.3, -0.25) is 4.79 Å². The maximum Gasteiger partial charge on any atom is 0.340 e.